The van der Waals surface area contributed by atoms with Crippen molar-refractivity contribution in [3.8, 4) is 6.07 Å². The lowest BCUT2D eigenvalue weighted by molar-refractivity contribution is -0.120. The summed E-state index contributed by atoms with van der Waals surface area (Å²) in [6.07, 6.45) is 0. The van der Waals surface area contributed by atoms with Crippen molar-refractivity contribution >= 4 is 17.5 Å². The molecule has 1 heterocycles. The molecule has 0 aliphatic carbocycles. The first-order valence-corrected chi connectivity index (χ1v) is 4.58. The van der Waals surface area contributed by atoms with E-state index in [0.717, 1.165) is 13.1 Å². The first kappa shape index (κ1) is 10.3. The number of alkyl halides is 1. The highest BCUT2D eigenvalue weighted by Crippen LogP contribution is 2.09. The summed E-state index contributed by atoms with van der Waals surface area (Å²) < 4.78 is 0. The van der Waals surface area contributed by atoms with Gasteiger partial charge in [-0.1, -0.05) is 0 Å². The minimum Gasteiger partial charge on any atom is -0.351 e. The maximum atomic E-state index is 10.6. The fourth-order valence-corrected chi connectivity index (χ4v) is 1.56. The molecule has 1 amide bonds. The summed E-state index contributed by atoms with van der Waals surface area (Å²) in [4.78, 5) is 12.7. The van der Waals surface area contributed by atoms with E-state index in [2.05, 4.69) is 5.32 Å². The average molecular weight is 202 g/mol. The van der Waals surface area contributed by atoms with Gasteiger partial charge in [-0.3, -0.25) is 9.69 Å². The number of amides is 1. The van der Waals surface area contributed by atoms with Gasteiger partial charge in [0.25, 0.3) is 0 Å². The molecule has 0 bridgehead atoms. The quantitative estimate of drug-likeness (QED) is 0.651. The molecule has 72 valence electrons. The number of nitrogens with zero attached hydrogens (tertiary/aromatic N) is 2. The minimum atomic E-state index is -0.446. The second kappa shape index (κ2) is 4.45. The lowest BCUT2D eigenvalue weighted by Gasteiger charge is -2.39. The van der Waals surface area contributed by atoms with Crippen molar-refractivity contribution in [2.75, 3.05) is 19.6 Å². The molecule has 1 N–H and O–H groups in total. The molecular weight excluding hydrogens is 190 g/mol. The third-order valence-electron chi connectivity index (χ3n) is 1.92. The summed E-state index contributed by atoms with van der Waals surface area (Å²) in [5.74, 6) is -0.00708. The van der Waals surface area contributed by atoms with Crippen LogP contribution in [0.3, 0.4) is 0 Å². The molecule has 0 aromatic carbocycles. The lowest BCUT2D eigenvalue weighted by atomic mass is 10.1. The van der Waals surface area contributed by atoms with Crippen LogP contribution >= 0.6 is 11.6 Å². The molecule has 1 aliphatic rings. The molecular formula is C8H12ClN3O. The van der Waals surface area contributed by atoms with Crippen molar-refractivity contribution in [1.82, 2.24) is 10.2 Å². The Labute approximate surface area is 82.5 Å². The molecule has 1 saturated heterocycles. The van der Waals surface area contributed by atoms with E-state index in [-0.39, 0.29) is 11.9 Å². The van der Waals surface area contributed by atoms with Crippen molar-refractivity contribution < 1.29 is 4.79 Å². The maximum absolute atomic E-state index is 10.6. The number of hydrogen-bond acceptors (Lipinski definition) is 3. The van der Waals surface area contributed by atoms with Gasteiger partial charge in [0.05, 0.1) is 12.1 Å². The van der Waals surface area contributed by atoms with E-state index in [4.69, 9.17) is 16.9 Å². The molecule has 5 heteroatoms. The second-order valence-corrected chi connectivity index (χ2v) is 3.74. The minimum absolute atomic E-state index is 0.00708. The standard InChI is InChI=1S/C8H12ClN3O/c1-6(13)11-8-4-12(5-8)3-7(9)2-10/h7-8H,3-5H2,1H3,(H,11,13). The van der Waals surface area contributed by atoms with Gasteiger partial charge in [-0.25, -0.2) is 0 Å². The SMILES string of the molecule is CC(=O)NC1CN(CC(Cl)C#N)C1. The van der Waals surface area contributed by atoms with Gasteiger partial charge in [0.1, 0.15) is 5.38 Å². The monoisotopic (exact) mass is 201 g/mol. The summed E-state index contributed by atoms with van der Waals surface area (Å²) in [7, 11) is 0. The average Bonchev–Trinajstić information content (AvgIpc) is 1.99. The topological polar surface area (TPSA) is 56.1 Å². The number of likely N-dealkylation sites (tertiary alicyclic amines) is 1. The molecule has 0 saturated carbocycles. The van der Waals surface area contributed by atoms with Crippen molar-refractivity contribution in [2.24, 2.45) is 0 Å². The van der Waals surface area contributed by atoms with Gasteiger partial charge in [0.2, 0.25) is 5.91 Å². The highest BCUT2D eigenvalue weighted by Gasteiger charge is 2.28. The summed E-state index contributed by atoms with van der Waals surface area (Å²) in [6, 6.07) is 2.19. The number of carbonyl (C=O) groups excluding carboxylic acids is 1. The first-order valence-electron chi connectivity index (χ1n) is 4.15. The number of nitriles is 1. The summed E-state index contributed by atoms with van der Waals surface area (Å²) >= 11 is 5.64. The third-order valence-corrected chi connectivity index (χ3v) is 2.16. The Morgan fingerprint density at radius 1 is 1.85 bits per heavy atom. The number of hydrogen-bond donors (Lipinski definition) is 1. The third kappa shape index (κ3) is 3.21. The Balaban J connectivity index is 2.12. The molecule has 0 radical (unpaired) electrons. The van der Waals surface area contributed by atoms with Crippen LogP contribution in [0, 0.1) is 11.3 Å². The predicted molar refractivity (Wildman–Crippen MR) is 49.3 cm³/mol. The van der Waals surface area contributed by atoms with Crippen LogP contribution in [0.5, 0.6) is 0 Å². The molecule has 13 heavy (non-hydrogen) atoms. The first-order chi connectivity index (χ1) is 6.11. The van der Waals surface area contributed by atoms with Gasteiger partial charge in [0, 0.05) is 26.6 Å². The van der Waals surface area contributed by atoms with Crippen molar-refractivity contribution in [2.45, 2.75) is 18.3 Å². The van der Waals surface area contributed by atoms with E-state index in [1.807, 2.05) is 11.0 Å². The van der Waals surface area contributed by atoms with Crippen LogP contribution < -0.4 is 5.32 Å². The zero-order valence-electron chi connectivity index (χ0n) is 7.46. The molecule has 0 aromatic rings. The van der Waals surface area contributed by atoms with E-state index >= 15 is 0 Å². The van der Waals surface area contributed by atoms with E-state index in [1.165, 1.54) is 6.92 Å². The maximum Gasteiger partial charge on any atom is 0.217 e. The van der Waals surface area contributed by atoms with Crippen LogP contribution in [-0.2, 0) is 4.79 Å². The smallest absolute Gasteiger partial charge is 0.217 e. The van der Waals surface area contributed by atoms with Crippen molar-refractivity contribution in [3.63, 3.8) is 0 Å². The van der Waals surface area contributed by atoms with Gasteiger partial charge in [-0.05, 0) is 0 Å². The van der Waals surface area contributed by atoms with Gasteiger partial charge < -0.3 is 5.32 Å². The number of halogens is 1. The molecule has 1 atom stereocenters. The molecule has 0 spiro atoms. The van der Waals surface area contributed by atoms with Gasteiger partial charge in [-0.15, -0.1) is 11.6 Å². The Kier molecular flexibility index (Phi) is 3.52. The fourth-order valence-electron chi connectivity index (χ4n) is 1.37. The highest BCUT2D eigenvalue weighted by molar-refractivity contribution is 6.22. The van der Waals surface area contributed by atoms with Crippen LogP contribution in [0.2, 0.25) is 0 Å². The molecule has 4 nitrogen and oxygen atoms in total. The highest BCUT2D eigenvalue weighted by atomic mass is 35.5. The largest absolute Gasteiger partial charge is 0.351 e. The summed E-state index contributed by atoms with van der Waals surface area (Å²) in [5, 5.41) is 10.8. The van der Waals surface area contributed by atoms with E-state index in [1.54, 1.807) is 0 Å². The Morgan fingerprint density at radius 2 is 2.46 bits per heavy atom. The van der Waals surface area contributed by atoms with Gasteiger partial charge >= 0.3 is 0 Å². The molecule has 0 aromatic heterocycles. The summed E-state index contributed by atoms with van der Waals surface area (Å²) in [6.45, 7) is 3.67. The fraction of sp³-hybridized carbons (Fsp3) is 0.750. The van der Waals surface area contributed by atoms with E-state index in [0.29, 0.717) is 6.54 Å². The van der Waals surface area contributed by atoms with Crippen LogP contribution in [0.25, 0.3) is 0 Å². The molecule has 1 fully saturated rings. The van der Waals surface area contributed by atoms with E-state index < -0.39 is 5.38 Å². The molecule has 1 aliphatic heterocycles. The summed E-state index contributed by atoms with van der Waals surface area (Å²) in [5.41, 5.74) is 0. The zero-order chi connectivity index (χ0) is 9.84. The van der Waals surface area contributed by atoms with Crippen LogP contribution in [0.15, 0.2) is 0 Å². The Bertz CT molecular complexity index is 232. The zero-order valence-corrected chi connectivity index (χ0v) is 8.21. The van der Waals surface area contributed by atoms with Crippen LogP contribution in [0.4, 0.5) is 0 Å². The van der Waals surface area contributed by atoms with Gasteiger partial charge in [0.15, 0.2) is 0 Å². The number of carbonyl (C=O) groups is 1. The lowest BCUT2D eigenvalue weighted by Crippen LogP contribution is -2.59. The Morgan fingerprint density at radius 3 is 2.92 bits per heavy atom. The second-order valence-electron chi connectivity index (χ2n) is 3.21. The van der Waals surface area contributed by atoms with Crippen molar-refractivity contribution in [1.29, 1.82) is 5.26 Å². The van der Waals surface area contributed by atoms with E-state index in [9.17, 15) is 4.79 Å². The number of nitrogens with one attached hydrogen (secondary N) is 1. The van der Waals surface area contributed by atoms with Crippen molar-refractivity contribution in [3.05, 3.63) is 0 Å². The Hall–Kier alpha value is -0.790. The molecule has 1 unspecified atom stereocenters. The normalized spacial score (nSPS) is 20.1. The predicted octanol–water partition coefficient (Wildman–Crippen LogP) is -0.0623. The van der Waals surface area contributed by atoms with Crippen LogP contribution in [0.1, 0.15) is 6.92 Å². The number of rotatable bonds is 3. The molecule has 1 rings (SSSR count). The van der Waals surface area contributed by atoms with Gasteiger partial charge in [-0.2, -0.15) is 5.26 Å². The van der Waals surface area contributed by atoms with Crippen LogP contribution in [-0.4, -0.2) is 41.9 Å².